The maximum Gasteiger partial charge on any atom is 0.0608 e. The van der Waals surface area contributed by atoms with Gasteiger partial charge in [-0.2, -0.15) is 0 Å². The smallest absolute Gasteiger partial charge is 0.0608 e. The highest BCUT2D eigenvalue weighted by molar-refractivity contribution is 5.85. The summed E-state index contributed by atoms with van der Waals surface area (Å²) in [7, 11) is 0. The van der Waals surface area contributed by atoms with Crippen LogP contribution in [0.2, 0.25) is 0 Å². The topological polar surface area (TPSA) is 32.6 Å². The summed E-state index contributed by atoms with van der Waals surface area (Å²) in [6.45, 7) is 0. The molecule has 0 saturated heterocycles. The zero-order chi connectivity index (χ0) is 10.1. The summed E-state index contributed by atoms with van der Waals surface area (Å²) in [5.74, 6) is 0. The van der Waals surface area contributed by atoms with Crippen molar-refractivity contribution < 1.29 is 5.21 Å². The standard InChI is InChI=1S/C12H21NO/c14-13-12-10-8-6-4-2-1-3-5-7-9-11-12/h6,8,14H,1-5,7,9-11H2/b8-6-,13-12?. The fraction of sp³-hybridized carbons (Fsp3) is 0.750. The fourth-order valence-electron chi connectivity index (χ4n) is 1.83. The molecule has 0 amide bonds. The van der Waals surface area contributed by atoms with Gasteiger partial charge >= 0.3 is 0 Å². The van der Waals surface area contributed by atoms with Crippen molar-refractivity contribution in [2.75, 3.05) is 0 Å². The van der Waals surface area contributed by atoms with E-state index in [0.717, 1.165) is 18.6 Å². The van der Waals surface area contributed by atoms with E-state index in [9.17, 15) is 0 Å². The van der Waals surface area contributed by atoms with Crippen LogP contribution in [0.25, 0.3) is 0 Å². The molecule has 1 aliphatic rings. The molecule has 0 bridgehead atoms. The average Bonchev–Trinajstić information content (AvgIpc) is 2.19. The Balaban J connectivity index is 2.35. The third kappa shape index (κ3) is 5.05. The largest absolute Gasteiger partial charge is 0.411 e. The molecule has 0 atom stereocenters. The van der Waals surface area contributed by atoms with E-state index in [-0.39, 0.29) is 0 Å². The maximum atomic E-state index is 8.75. The molecule has 0 aromatic heterocycles. The first kappa shape index (κ1) is 11.3. The quantitative estimate of drug-likeness (QED) is 0.355. The minimum Gasteiger partial charge on any atom is -0.411 e. The summed E-state index contributed by atoms with van der Waals surface area (Å²) in [6, 6.07) is 0. The highest BCUT2D eigenvalue weighted by atomic mass is 16.4. The third-order valence-corrected chi connectivity index (χ3v) is 2.75. The first-order chi connectivity index (χ1) is 6.93. The molecular weight excluding hydrogens is 174 g/mol. The molecule has 0 saturated carbocycles. The Morgan fingerprint density at radius 2 is 1.64 bits per heavy atom. The summed E-state index contributed by atoms with van der Waals surface area (Å²) < 4.78 is 0. The molecule has 2 nitrogen and oxygen atoms in total. The molecule has 0 heterocycles. The lowest BCUT2D eigenvalue weighted by atomic mass is 10.0. The fourth-order valence-corrected chi connectivity index (χ4v) is 1.83. The first-order valence-electron chi connectivity index (χ1n) is 5.78. The van der Waals surface area contributed by atoms with Crippen LogP contribution in [-0.4, -0.2) is 10.9 Å². The molecule has 0 aromatic rings. The van der Waals surface area contributed by atoms with Crippen LogP contribution < -0.4 is 0 Å². The van der Waals surface area contributed by atoms with Gasteiger partial charge in [-0.1, -0.05) is 43.0 Å². The van der Waals surface area contributed by atoms with Crippen molar-refractivity contribution >= 4 is 5.71 Å². The molecule has 0 spiro atoms. The van der Waals surface area contributed by atoms with Crippen LogP contribution in [0.15, 0.2) is 17.3 Å². The van der Waals surface area contributed by atoms with Crippen LogP contribution in [0.1, 0.15) is 57.8 Å². The summed E-state index contributed by atoms with van der Waals surface area (Å²) >= 11 is 0. The van der Waals surface area contributed by atoms with E-state index in [1.165, 1.54) is 44.9 Å². The van der Waals surface area contributed by atoms with Gasteiger partial charge in [-0.25, -0.2) is 0 Å². The van der Waals surface area contributed by atoms with E-state index < -0.39 is 0 Å². The molecule has 14 heavy (non-hydrogen) atoms. The second-order valence-corrected chi connectivity index (χ2v) is 4.00. The lowest BCUT2D eigenvalue weighted by Gasteiger charge is -2.04. The van der Waals surface area contributed by atoms with Gasteiger partial charge in [0.05, 0.1) is 5.71 Å². The minimum absolute atomic E-state index is 0.830. The Morgan fingerprint density at radius 1 is 0.929 bits per heavy atom. The molecular formula is C12H21NO. The number of hydrogen-bond donors (Lipinski definition) is 1. The van der Waals surface area contributed by atoms with Gasteiger partial charge in [0.25, 0.3) is 0 Å². The van der Waals surface area contributed by atoms with Crippen molar-refractivity contribution in [2.45, 2.75) is 57.8 Å². The molecule has 80 valence electrons. The lowest BCUT2D eigenvalue weighted by Crippen LogP contribution is -1.97. The van der Waals surface area contributed by atoms with E-state index >= 15 is 0 Å². The summed E-state index contributed by atoms with van der Waals surface area (Å²) in [5.41, 5.74) is 0.932. The number of hydrogen-bond acceptors (Lipinski definition) is 2. The van der Waals surface area contributed by atoms with Gasteiger partial charge in [-0.15, -0.1) is 0 Å². The highest BCUT2D eigenvalue weighted by Gasteiger charge is 1.99. The van der Waals surface area contributed by atoms with Gasteiger partial charge < -0.3 is 5.21 Å². The zero-order valence-corrected chi connectivity index (χ0v) is 8.91. The molecule has 0 aromatic carbocycles. The SMILES string of the molecule is ON=C1C/C=C\CCCCCCCC1. The zero-order valence-electron chi connectivity index (χ0n) is 8.91. The summed E-state index contributed by atoms with van der Waals surface area (Å²) in [4.78, 5) is 0. The molecule has 0 unspecified atom stereocenters. The van der Waals surface area contributed by atoms with Crippen molar-refractivity contribution in [1.29, 1.82) is 0 Å². The van der Waals surface area contributed by atoms with Crippen LogP contribution in [0.4, 0.5) is 0 Å². The monoisotopic (exact) mass is 195 g/mol. The Bertz CT molecular complexity index is 196. The minimum atomic E-state index is 0.830. The Labute approximate surface area is 86.7 Å². The lowest BCUT2D eigenvalue weighted by molar-refractivity contribution is 0.316. The normalized spacial score (nSPS) is 26.4. The number of rotatable bonds is 0. The van der Waals surface area contributed by atoms with Crippen molar-refractivity contribution in [1.82, 2.24) is 0 Å². The van der Waals surface area contributed by atoms with Crippen LogP contribution in [-0.2, 0) is 0 Å². The van der Waals surface area contributed by atoms with Crippen LogP contribution >= 0.6 is 0 Å². The van der Waals surface area contributed by atoms with E-state index in [0.29, 0.717) is 0 Å². The predicted octanol–water partition coefficient (Wildman–Crippen LogP) is 3.90. The molecule has 0 radical (unpaired) electrons. The average molecular weight is 195 g/mol. The van der Waals surface area contributed by atoms with Crippen molar-refractivity contribution in [2.24, 2.45) is 5.16 Å². The molecule has 1 aliphatic carbocycles. The van der Waals surface area contributed by atoms with Gasteiger partial charge in [0.15, 0.2) is 0 Å². The van der Waals surface area contributed by atoms with Gasteiger partial charge in [-0.3, -0.25) is 0 Å². The van der Waals surface area contributed by atoms with Gasteiger partial charge in [0.2, 0.25) is 0 Å². The summed E-state index contributed by atoms with van der Waals surface area (Å²) in [5, 5.41) is 12.1. The van der Waals surface area contributed by atoms with Crippen LogP contribution in [0.5, 0.6) is 0 Å². The second-order valence-electron chi connectivity index (χ2n) is 4.00. The van der Waals surface area contributed by atoms with E-state index in [4.69, 9.17) is 5.21 Å². The van der Waals surface area contributed by atoms with Gasteiger partial charge in [0.1, 0.15) is 0 Å². The molecule has 1 rings (SSSR count). The van der Waals surface area contributed by atoms with Gasteiger partial charge in [-0.05, 0) is 25.7 Å². The number of allylic oxidation sites excluding steroid dienone is 2. The molecule has 0 fully saturated rings. The number of oxime groups is 1. The Hall–Kier alpha value is -0.790. The van der Waals surface area contributed by atoms with Crippen molar-refractivity contribution in [3.8, 4) is 0 Å². The summed E-state index contributed by atoms with van der Waals surface area (Å²) in [6.07, 6.45) is 15.1. The van der Waals surface area contributed by atoms with E-state index in [1.54, 1.807) is 0 Å². The Morgan fingerprint density at radius 3 is 2.43 bits per heavy atom. The second kappa shape index (κ2) is 7.60. The van der Waals surface area contributed by atoms with Crippen molar-refractivity contribution in [3.05, 3.63) is 12.2 Å². The van der Waals surface area contributed by atoms with E-state index in [1.807, 2.05) is 0 Å². The predicted molar refractivity (Wildman–Crippen MR) is 59.9 cm³/mol. The van der Waals surface area contributed by atoms with Crippen LogP contribution in [0, 0.1) is 0 Å². The third-order valence-electron chi connectivity index (χ3n) is 2.75. The van der Waals surface area contributed by atoms with E-state index in [2.05, 4.69) is 17.3 Å². The highest BCUT2D eigenvalue weighted by Crippen LogP contribution is 2.12. The van der Waals surface area contributed by atoms with Gasteiger partial charge in [0, 0.05) is 6.42 Å². The molecule has 1 N–H and O–H groups in total. The maximum absolute atomic E-state index is 8.75. The first-order valence-corrected chi connectivity index (χ1v) is 5.78. The van der Waals surface area contributed by atoms with Crippen molar-refractivity contribution in [3.63, 3.8) is 0 Å². The molecule has 2 heteroatoms. The number of nitrogens with zero attached hydrogens (tertiary/aromatic N) is 1. The van der Waals surface area contributed by atoms with Crippen LogP contribution in [0.3, 0.4) is 0 Å². The molecule has 0 aliphatic heterocycles. The Kier molecular flexibility index (Phi) is 6.13.